The first kappa shape index (κ1) is 19.4. The van der Waals surface area contributed by atoms with Gasteiger partial charge < -0.3 is 24.3 Å². The minimum absolute atomic E-state index is 0.128. The molecule has 0 unspecified atom stereocenters. The van der Waals surface area contributed by atoms with E-state index in [1.807, 2.05) is 4.90 Å². The lowest BCUT2D eigenvalue weighted by Crippen LogP contribution is -2.49. The summed E-state index contributed by atoms with van der Waals surface area (Å²) in [5.41, 5.74) is 3.77. The Morgan fingerprint density at radius 1 is 1.39 bits per heavy atom. The number of carbonyl (C=O) groups is 1. The van der Waals surface area contributed by atoms with Crippen LogP contribution < -0.4 is 5.32 Å². The fraction of sp³-hybridized carbons (Fsp3) is 0.591. The number of aromatic nitrogens is 1. The smallest absolute Gasteiger partial charge is 0.253 e. The summed E-state index contributed by atoms with van der Waals surface area (Å²) in [5.74, 6) is 0.128. The van der Waals surface area contributed by atoms with E-state index in [1.54, 1.807) is 7.11 Å². The van der Waals surface area contributed by atoms with Gasteiger partial charge in [-0.1, -0.05) is 6.07 Å². The number of hydrogen-bond donors (Lipinski definition) is 1. The third-order valence-corrected chi connectivity index (χ3v) is 5.76. The third kappa shape index (κ3) is 4.24. The van der Waals surface area contributed by atoms with Crippen LogP contribution in [0.5, 0.6) is 0 Å². The zero-order valence-electron chi connectivity index (χ0n) is 16.9. The molecule has 6 nitrogen and oxygen atoms in total. The molecule has 2 aliphatic rings. The van der Waals surface area contributed by atoms with Gasteiger partial charge in [0.1, 0.15) is 6.10 Å². The number of benzene rings is 1. The molecule has 1 aromatic carbocycles. The molecule has 0 spiro atoms. The van der Waals surface area contributed by atoms with Gasteiger partial charge in [0, 0.05) is 63.5 Å². The van der Waals surface area contributed by atoms with Crippen LogP contribution >= 0.6 is 0 Å². The largest absolute Gasteiger partial charge is 0.385 e. The van der Waals surface area contributed by atoms with E-state index in [2.05, 4.69) is 41.3 Å². The van der Waals surface area contributed by atoms with Crippen LogP contribution in [0.3, 0.4) is 0 Å². The zero-order valence-corrected chi connectivity index (χ0v) is 16.9. The Balaban J connectivity index is 1.53. The highest BCUT2D eigenvalue weighted by Gasteiger charge is 2.36. The maximum absolute atomic E-state index is 13.0. The average molecular weight is 386 g/mol. The Labute approximate surface area is 166 Å². The molecule has 1 aliphatic heterocycles. The van der Waals surface area contributed by atoms with Crippen molar-refractivity contribution in [2.24, 2.45) is 7.05 Å². The van der Waals surface area contributed by atoms with Gasteiger partial charge >= 0.3 is 0 Å². The number of nitrogens with one attached hydrogen (secondary N) is 1. The van der Waals surface area contributed by atoms with E-state index in [1.165, 1.54) is 22.0 Å². The molecule has 152 valence electrons. The molecule has 0 bridgehead atoms. The van der Waals surface area contributed by atoms with Gasteiger partial charge in [0.2, 0.25) is 0 Å². The highest BCUT2D eigenvalue weighted by Crippen LogP contribution is 2.31. The van der Waals surface area contributed by atoms with E-state index >= 15 is 0 Å². The molecule has 1 amide bonds. The first-order valence-corrected chi connectivity index (χ1v) is 10.4. The lowest BCUT2D eigenvalue weighted by atomic mass is 10.1. The number of carbonyl (C=O) groups excluding carboxylic acids is 1. The van der Waals surface area contributed by atoms with Gasteiger partial charge in [-0.05, 0) is 48.9 Å². The normalized spacial score (nSPS) is 19.9. The zero-order chi connectivity index (χ0) is 19.5. The number of rotatable bonds is 8. The van der Waals surface area contributed by atoms with E-state index in [9.17, 15) is 4.79 Å². The van der Waals surface area contributed by atoms with Crippen LogP contribution in [0.2, 0.25) is 0 Å². The van der Waals surface area contributed by atoms with Gasteiger partial charge in [0.05, 0.1) is 6.61 Å². The topological polar surface area (TPSA) is 55.7 Å². The molecule has 1 saturated carbocycles. The molecule has 1 aromatic heterocycles. The van der Waals surface area contributed by atoms with Crippen LogP contribution in [-0.2, 0) is 34.3 Å². The van der Waals surface area contributed by atoms with Crippen molar-refractivity contribution in [2.45, 2.75) is 44.4 Å². The molecular formula is C22H31N3O3. The van der Waals surface area contributed by atoms with E-state index in [0.29, 0.717) is 25.7 Å². The van der Waals surface area contributed by atoms with Crippen LogP contribution in [0.15, 0.2) is 24.4 Å². The summed E-state index contributed by atoms with van der Waals surface area (Å²) in [6.07, 6.45) is 6.08. The van der Waals surface area contributed by atoms with Crippen molar-refractivity contribution in [2.75, 3.05) is 33.4 Å². The van der Waals surface area contributed by atoms with Gasteiger partial charge in [-0.25, -0.2) is 0 Å². The number of nitrogens with zero attached hydrogens (tertiary/aromatic N) is 2. The molecule has 6 heteroatoms. The summed E-state index contributed by atoms with van der Waals surface area (Å²) < 4.78 is 13.1. The van der Waals surface area contributed by atoms with Crippen molar-refractivity contribution >= 4 is 16.8 Å². The number of fused-ring (bicyclic) bond motifs is 1. The van der Waals surface area contributed by atoms with Gasteiger partial charge in [0.15, 0.2) is 0 Å². The summed E-state index contributed by atoms with van der Waals surface area (Å²) in [4.78, 5) is 15.1. The van der Waals surface area contributed by atoms with Crippen LogP contribution in [-0.4, -0.2) is 60.9 Å². The Hall–Kier alpha value is -1.89. The van der Waals surface area contributed by atoms with Crippen molar-refractivity contribution in [1.29, 1.82) is 0 Å². The SMILES string of the molecule is COCCCc1cn(C)c2ccc(CN(C(=O)[C@H]3CNCCO3)C3CC3)cc12. The molecule has 2 aromatic rings. The highest BCUT2D eigenvalue weighted by molar-refractivity contribution is 5.85. The van der Waals surface area contributed by atoms with Crippen molar-refractivity contribution in [1.82, 2.24) is 14.8 Å². The Morgan fingerprint density at radius 2 is 2.25 bits per heavy atom. The predicted octanol–water partition coefficient (Wildman–Crippen LogP) is 2.24. The average Bonchev–Trinajstić information content (AvgIpc) is 3.52. The number of amides is 1. The van der Waals surface area contributed by atoms with Crippen LogP contribution in [0.1, 0.15) is 30.4 Å². The number of aryl methyl sites for hydroxylation is 2. The van der Waals surface area contributed by atoms with Gasteiger partial charge in [-0.2, -0.15) is 0 Å². The number of ether oxygens (including phenoxy) is 2. The first-order valence-electron chi connectivity index (χ1n) is 10.4. The Bertz CT molecular complexity index is 822. The number of hydrogen-bond acceptors (Lipinski definition) is 4. The van der Waals surface area contributed by atoms with Gasteiger partial charge in [-0.15, -0.1) is 0 Å². The molecule has 0 radical (unpaired) electrons. The molecule has 28 heavy (non-hydrogen) atoms. The van der Waals surface area contributed by atoms with Gasteiger partial charge in [0.25, 0.3) is 5.91 Å². The molecule has 1 N–H and O–H groups in total. The van der Waals surface area contributed by atoms with Crippen molar-refractivity contribution in [3.63, 3.8) is 0 Å². The maximum Gasteiger partial charge on any atom is 0.253 e. The molecule has 1 aliphatic carbocycles. The van der Waals surface area contributed by atoms with Crippen LogP contribution in [0.4, 0.5) is 0 Å². The second kappa shape index (κ2) is 8.64. The number of methoxy groups -OCH3 is 1. The second-order valence-electron chi connectivity index (χ2n) is 7.97. The predicted molar refractivity (Wildman–Crippen MR) is 109 cm³/mol. The van der Waals surface area contributed by atoms with E-state index in [0.717, 1.165) is 38.8 Å². The summed E-state index contributed by atoms with van der Waals surface area (Å²) in [6.45, 7) is 3.48. The fourth-order valence-electron chi connectivity index (χ4n) is 4.10. The van der Waals surface area contributed by atoms with Crippen LogP contribution in [0, 0.1) is 0 Å². The minimum atomic E-state index is -0.348. The van der Waals surface area contributed by atoms with E-state index in [4.69, 9.17) is 9.47 Å². The highest BCUT2D eigenvalue weighted by atomic mass is 16.5. The monoisotopic (exact) mass is 385 g/mol. The second-order valence-corrected chi connectivity index (χ2v) is 7.97. The van der Waals surface area contributed by atoms with Crippen LogP contribution in [0.25, 0.3) is 10.9 Å². The molecule has 2 heterocycles. The van der Waals surface area contributed by atoms with E-state index < -0.39 is 0 Å². The van der Waals surface area contributed by atoms with E-state index in [-0.39, 0.29) is 12.0 Å². The molecule has 4 rings (SSSR count). The summed E-state index contributed by atoms with van der Waals surface area (Å²) in [7, 11) is 3.84. The maximum atomic E-state index is 13.0. The lowest BCUT2D eigenvalue weighted by Gasteiger charge is -2.30. The minimum Gasteiger partial charge on any atom is -0.385 e. The molecular weight excluding hydrogens is 354 g/mol. The third-order valence-electron chi connectivity index (χ3n) is 5.76. The summed E-state index contributed by atoms with van der Waals surface area (Å²) in [6, 6.07) is 6.97. The number of morpholine rings is 1. The summed E-state index contributed by atoms with van der Waals surface area (Å²) in [5, 5.41) is 4.55. The fourth-order valence-corrected chi connectivity index (χ4v) is 4.10. The molecule has 2 fully saturated rings. The van der Waals surface area contributed by atoms with Crippen molar-refractivity contribution < 1.29 is 14.3 Å². The summed E-state index contributed by atoms with van der Waals surface area (Å²) >= 11 is 0. The first-order chi connectivity index (χ1) is 13.7. The lowest BCUT2D eigenvalue weighted by molar-refractivity contribution is -0.146. The standard InChI is InChI=1S/C22H31N3O3/c1-24-15-17(4-3-10-27-2)19-12-16(5-8-20(19)24)14-25(18-6-7-18)22(26)21-13-23-9-11-28-21/h5,8,12,15,18,21,23H,3-4,6-7,9-11,13-14H2,1-2H3/t21-/m1/s1. The van der Waals surface area contributed by atoms with Crippen molar-refractivity contribution in [3.05, 3.63) is 35.5 Å². The molecule has 1 atom stereocenters. The Kier molecular flexibility index (Phi) is 5.99. The van der Waals surface area contributed by atoms with Gasteiger partial charge in [-0.3, -0.25) is 4.79 Å². The Morgan fingerprint density at radius 3 is 2.96 bits per heavy atom. The van der Waals surface area contributed by atoms with Crippen molar-refractivity contribution in [3.8, 4) is 0 Å². The molecule has 1 saturated heterocycles. The quantitative estimate of drug-likeness (QED) is 0.708.